The first-order chi connectivity index (χ1) is 16.3. The molecule has 0 saturated carbocycles. The van der Waals surface area contributed by atoms with Crippen LogP contribution in [-0.4, -0.2) is 81.0 Å². The number of hydrogen-bond acceptors (Lipinski definition) is 7. The van der Waals surface area contributed by atoms with Crippen LogP contribution < -0.4 is 5.73 Å². The quantitative estimate of drug-likeness (QED) is 0.271. The predicted molar refractivity (Wildman–Crippen MR) is 127 cm³/mol. The van der Waals surface area contributed by atoms with Crippen LogP contribution in [0.4, 0.5) is 0 Å². The number of likely N-dealkylation sites (N-methyl/N-ethyl adjacent to an activating group) is 1. The van der Waals surface area contributed by atoms with Crippen LogP contribution in [0.25, 0.3) is 0 Å². The number of carboxylic acid groups (broad SMARTS) is 1. The lowest BCUT2D eigenvalue weighted by molar-refractivity contribution is -0.163. The van der Waals surface area contributed by atoms with Crippen LogP contribution in [0.1, 0.15) is 36.2 Å². The number of ketones is 1. The molecule has 2 heterocycles. The van der Waals surface area contributed by atoms with Gasteiger partial charge in [0.05, 0.1) is 29.0 Å². The number of rotatable bonds is 10. The Morgan fingerprint density at radius 2 is 1.91 bits per heavy atom. The second-order valence-electron chi connectivity index (χ2n) is 9.43. The van der Waals surface area contributed by atoms with Crippen LogP contribution in [0.5, 0.6) is 5.75 Å². The molecule has 2 aliphatic heterocycles. The molecular weight excluding hydrogens is 478 g/mol. The van der Waals surface area contributed by atoms with Crippen molar-refractivity contribution in [3.8, 4) is 5.75 Å². The Hall–Kier alpha value is -2.95. The number of benzene rings is 1. The van der Waals surface area contributed by atoms with E-state index in [9.17, 15) is 34.5 Å². The van der Waals surface area contributed by atoms with Crippen LogP contribution in [-0.2, 0) is 14.4 Å². The zero-order valence-corrected chi connectivity index (χ0v) is 20.7. The van der Waals surface area contributed by atoms with Crippen molar-refractivity contribution in [2.75, 3.05) is 20.1 Å². The third-order valence-electron chi connectivity index (χ3n) is 6.98. The number of carbonyl (C=O) groups excluding carboxylic acids is 3. The number of carbonyl (C=O) groups is 4. The van der Waals surface area contributed by atoms with Crippen LogP contribution in [0.2, 0.25) is 5.02 Å². The molecule has 0 bridgehead atoms. The molecule has 0 spiro atoms. The number of aliphatic carboxylic acids is 1. The lowest BCUT2D eigenvalue weighted by Crippen LogP contribution is -2.63. The number of hydrogen-bond donors (Lipinski definition) is 4. The van der Waals surface area contributed by atoms with E-state index in [2.05, 4.69) is 0 Å². The highest BCUT2D eigenvalue weighted by molar-refractivity contribution is 6.35. The number of phenols is 1. The monoisotopic (exact) mass is 507 g/mol. The van der Waals surface area contributed by atoms with E-state index in [1.165, 1.54) is 24.0 Å². The van der Waals surface area contributed by atoms with Crippen LogP contribution in [0.15, 0.2) is 23.4 Å². The van der Waals surface area contributed by atoms with Crippen molar-refractivity contribution in [3.05, 3.63) is 39.6 Å². The van der Waals surface area contributed by atoms with E-state index in [1.807, 2.05) is 6.92 Å². The molecule has 5 atom stereocenters. The van der Waals surface area contributed by atoms with Crippen molar-refractivity contribution in [3.63, 3.8) is 0 Å². The third kappa shape index (κ3) is 4.78. The van der Waals surface area contributed by atoms with Crippen LogP contribution >= 0.6 is 11.6 Å². The Labute approximate surface area is 207 Å². The van der Waals surface area contributed by atoms with E-state index in [4.69, 9.17) is 17.3 Å². The molecule has 2 aliphatic rings. The van der Waals surface area contributed by atoms with Crippen molar-refractivity contribution in [1.82, 2.24) is 9.80 Å². The molecule has 0 aromatic heterocycles. The van der Waals surface area contributed by atoms with Crippen molar-refractivity contribution in [1.29, 1.82) is 0 Å². The van der Waals surface area contributed by atoms with Gasteiger partial charge in [-0.3, -0.25) is 14.4 Å². The number of primary amides is 1. The van der Waals surface area contributed by atoms with Crippen molar-refractivity contribution in [2.45, 2.75) is 39.3 Å². The first kappa shape index (κ1) is 26.7. The van der Waals surface area contributed by atoms with Gasteiger partial charge in [0.25, 0.3) is 0 Å². The molecule has 5 N–H and O–H groups in total. The molecule has 0 radical (unpaired) electrons. The van der Waals surface area contributed by atoms with E-state index in [1.54, 1.807) is 18.9 Å². The summed E-state index contributed by atoms with van der Waals surface area (Å²) < 4.78 is 0. The Kier molecular flexibility index (Phi) is 7.59. The molecule has 2 amide bonds. The van der Waals surface area contributed by atoms with Crippen molar-refractivity contribution >= 4 is 35.2 Å². The highest BCUT2D eigenvalue weighted by Gasteiger charge is 2.59. The third-order valence-corrected chi connectivity index (χ3v) is 7.47. The van der Waals surface area contributed by atoms with E-state index in [0.717, 1.165) is 0 Å². The molecule has 1 unspecified atom stereocenters. The second kappa shape index (κ2) is 9.96. The van der Waals surface area contributed by atoms with Gasteiger partial charge in [0.1, 0.15) is 11.4 Å². The maximum absolute atomic E-state index is 12.8. The van der Waals surface area contributed by atoms with Gasteiger partial charge < -0.3 is 30.9 Å². The van der Waals surface area contributed by atoms with Gasteiger partial charge in [-0.05, 0) is 38.6 Å². The first-order valence-corrected chi connectivity index (χ1v) is 11.6. The number of amides is 2. The minimum atomic E-state index is -1.24. The molecule has 10 nitrogen and oxygen atoms in total. The fourth-order valence-corrected chi connectivity index (χ4v) is 5.33. The van der Waals surface area contributed by atoms with Crippen molar-refractivity contribution < 1.29 is 34.5 Å². The summed E-state index contributed by atoms with van der Waals surface area (Å²) in [7, 11) is 1.67. The maximum atomic E-state index is 12.8. The SMILES string of the molecule is Cc1c(O)ccc(C(=O)CC(CN(C)CC2=C(C(=O)O)N3C(=O)[C@H]([C@@H](C)O)[C@H]3[C@H]2C)C(N)=O)c1Cl. The van der Waals surface area contributed by atoms with Crippen LogP contribution in [0.3, 0.4) is 0 Å². The van der Waals surface area contributed by atoms with Crippen molar-refractivity contribution in [2.24, 2.45) is 23.5 Å². The summed E-state index contributed by atoms with van der Waals surface area (Å²) in [6.07, 6.45) is -1.12. The average molecular weight is 508 g/mol. The average Bonchev–Trinajstić information content (AvgIpc) is 2.99. The molecule has 11 heteroatoms. The first-order valence-electron chi connectivity index (χ1n) is 11.2. The van der Waals surface area contributed by atoms with Gasteiger partial charge in [0.15, 0.2) is 5.78 Å². The number of fused-ring (bicyclic) bond motifs is 1. The van der Waals surface area contributed by atoms with Gasteiger partial charge >= 0.3 is 5.97 Å². The number of nitrogens with zero attached hydrogens (tertiary/aromatic N) is 2. The predicted octanol–water partition coefficient (Wildman–Crippen LogP) is 1.16. The molecule has 0 aliphatic carbocycles. The zero-order valence-electron chi connectivity index (χ0n) is 20.0. The zero-order chi connectivity index (χ0) is 26.4. The Morgan fingerprint density at radius 3 is 2.46 bits per heavy atom. The fourth-order valence-electron chi connectivity index (χ4n) is 5.06. The number of phenolic OH excluding ortho intramolecular Hbond substituents is 1. The molecule has 1 aromatic carbocycles. The summed E-state index contributed by atoms with van der Waals surface area (Å²) in [4.78, 5) is 52.4. The standard InChI is InChI=1S/C24H30ClN3O7/c1-10-15(21(24(34)35)28-20(10)18(12(3)29)23(28)33)9-27(4)8-13(22(26)32)7-17(31)14-5-6-16(30)11(2)19(14)25/h5-6,10,12-13,18,20,29-30H,7-9H2,1-4H3,(H2,26,32)(H,34,35)/t10-,12+,13?,18+,20+/m0/s1. The van der Waals surface area contributed by atoms with E-state index >= 15 is 0 Å². The summed E-state index contributed by atoms with van der Waals surface area (Å²) in [5.41, 5.74) is 6.49. The summed E-state index contributed by atoms with van der Waals surface area (Å²) in [5.74, 6) is -4.68. The number of carboxylic acids is 1. The number of aromatic hydroxyl groups is 1. The molecule has 1 saturated heterocycles. The van der Waals surface area contributed by atoms with Gasteiger partial charge in [-0.25, -0.2) is 4.79 Å². The highest BCUT2D eigenvalue weighted by atomic mass is 35.5. The molecule has 1 aromatic rings. The summed E-state index contributed by atoms with van der Waals surface area (Å²) in [5, 5.41) is 29.6. The lowest BCUT2D eigenvalue weighted by Gasteiger charge is -2.46. The maximum Gasteiger partial charge on any atom is 0.352 e. The molecule has 35 heavy (non-hydrogen) atoms. The number of aliphatic hydroxyl groups is 1. The Balaban J connectivity index is 1.77. The number of nitrogens with two attached hydrogens (primary N) is 1. The molecular formula is C24H30ClN3O7. The van der Waals surface area contributed by atoms with Gasteiger partial charge in [0.2, 0.25) is 11.8 Å². The topological polar surface area (TPSA) is 161 Å². The Morgan fingerprint density at radius 1 is 1.29 bits per heavy atom. The Bertz CT molecular complexity index is 1120. The van der Waals surface area contributed by atoms with Crippen LogP contribution in [0, 0.1) is 24.7 Å². The minimum Gasteiger partial charge on any atom is -0.508 e. The number of halogens is 1. The number of β-lactam (4-membered cyclic amide) rings is 1. The second-order valence-corrected chi connectivity index (χ2v) is 9.81. The molecule has 190 valence electrons. The van der Waals surface area contributed by atoms with E-state index in [-0.39, 0.29) is 47.5 Å². The molecule has 1 fully saturated rings. The summed E-state index contributed by atoms with van der Waals surface area (Å²) in [6.45, 7) is 5.08. The fraction of sp³-hybridized carbons (Fsp3) is 0.500. The van der Waals surface area contributed by atoms with Gasteiger partial charge in [-0.2, -0.15) is 0 Å². The largest absolute Gasteiger partial charge is 0.508 e. The highest BCUT2D eigenvalue weighted by Crippen LogP contribution is 2.47. The number of Topliss-reactive ketones (excluding diaryl/α,β-unsaturated/α-hetero) is 1. The lowest BCUT2D eigenvalue weighted by atomic mass is 9.77. The van der Waals surface area contributed by atoms with E-state index < -0.39 is 47.5 Å². The minimum absolute atomic E-state index is 0.0491. The van der Waals surface area contributed by atoms with E-state index in [0.29, 0.717) is 11.1 Å². The molecule has 3 rings (SSSR count). The van der Waals surface area contributed by atoms with Gasteiger partial charge in [0, 0.05) is 36.6 Å². The smallest absolute Gasteiger partial charge is 0.352 e. The number of aliphatic hydroxyl groups excluding tert-OH is 1. The van der Waals surface area contributed by atoms with Gasteiger partial charge in [-0.1, -0.05) is 18.5 Å². The summed E-state index contributed by atoms with van der Waals surface area (Å²) in [6, 6.07) is 2.30. The van der Waals surface area contributed by atoms with Gasteiger partial charge in [-0.15, -0.1) is 0 Å². The summed E-state index contributed by atoms with van der Waals surface area (Å²) >= 11 is 6.20. The normalized spacial score (nSPS) is 23.2.